The number of hydrogen-bond acceptors (Lipinski definition) is 7. The van der Waals surface area contributed by atoms with E-state index in [1.165, 1.54) is 0 Å². The predicted octanol–water partition coefficient (Wildman–Crippen LogP) is 3.37. The van der Waals surface area contributed by atoms with E-state index in [9.17, 15) is 18.0 Å². The summed E-state index contributed by atoms with van der Waals surface area (Å²) in [6.07, 6.45) is 3.53. The Hall–Kier alpha value is -2.30. The lowest BCUT2D eigenvalue weighted by molar-refractivity contribution is -0.116. The van der Waals surface area contributed by atoms with E-state index in [1.54, 1.807) is 42.4 Å². The Morgan fingerprint density at radius 3 is 2.48 bits per heavy atom. The number of sulfonamides is 1. The largest absolute Gasteiger partial charge is 0.462 e. The van der Waals surface area contributed by atoms with E-state index < -0.39 is 16.0 Å². The van der Waals surface area contributed by atoms with Crippen LogP contribution < -0.4 is 5.32 Å². The highest BCUT2D eigenvalue weighted by atomic mass is 32.2. The van der Waals surface area contributed by atoms with Gasteiger partial charge in [-0.2, -0.15) is 4.31 Å². The van der Waals surface area contributed by atoms with Crippen LogP contribution in [0.5, 0.6) is 0 Å². The number of amides is 1. The average molecular weight is 466 g/mol. The number of nitrogens with one attached hydrogen (secondary N) is 1. The zero-order chi connectivity index (χ0) is 22.4. The number of nitrogens with zero attached hydrogens (tertiary/aromatic N) is 2. The molecule has 8 nitrogen and oxygen atoms in total. The molecule has 1 amide bonds. The molecule has 168 valence electrons. The second-order valence-electron chi connectivity index (χ2n) is 7.31. The SMILES string of the molecule is CCOC(=O)c1sc(NC(=O)CCc2ccc(S(=O)(=O)N3CCCCC3)cc2)nc1C. The summed E-state index contributed by atoms with van der Waals surface area (Å²) in [4.78, 5) is 29.0. The van der Waals surface area contributed by atoms with Gasteiger partial charge in [0.2, 0.25) is 15.9 Å². The van der Waals surface area contributed by atoms with Crippen molar-refractivity contribution in [1.29, 1.82) is 0 Å². The molecule has 0 saturated carbocycles. The Bertz CT molecular complexity index is 1030. The molecule has 0 spiro atoms. The van der Waals surface area contributed by atoms with Crippen LogP contribution in [0.2, 0.25) is 0 Å². The maximum atomic E-state index is 12.7. The molecule has 2 aromatic rings. The maximum absolute atomic E-state index is 12.7. The van der Waals surface area contributed by atoms with Gasteiger partial charge in [0.1, 0.15) is 4.88 Å². The van der Waals surface area contributed by atoms with E-state index in [1.807, 2.05) is 0 Å². The van der Waals surface area contributed by atoms with Gasteiger partial charge in [-0.05, 0) is 50.8 Å². The number of hydrogen-bond donors (Lipinski definition) is 1. The van der Waals surface area contributed by atoms with E-state index in [4.69, 9.17) is 4.74 Å². The highest BCUT2D eigenvalue weighted by Gasteiger charge is 2.25. The van der Waals surface area contributed by atoms with Crippen molar-refractivity contribution in [2.24, 2.45) is 0 Å². The van der Waals surface area contributed by atoms with Crippen molar-refractivity contribution in [3.63, 3.8) is 0 Å². The molecule has 1 N–H and O–H groups in total. The quantitative estimate of drug-likeness (QED) is 0.599. The minimum Gasteiger partial charge on any atom is -0.462 e. The van der Waals surface area contributed by atoms with Gasteiger partial charge in [0.15, 0.2) is 5.13 Å². The van der Waals surface area contributed by atoms with Gasteiger partial charge in [0.25, 0.3) is 0 Å². The van der Waals surface area contributed by atoms with Crippen molar-refractivity contribution in [3.05, 3.63) is 40.4 Å². The Morgan fingerprint density at radius 2 is 1.84 bits per heavy atom. The van der Waals surface area contributed by atoms with E-state index in [2.05, 4.69) is 10.3 Å². The van der Waals surface area contributed by atoms with Crippen LogP contribution in [0.1, 0.15) is 53.5 Å². The van der Waals surface area contributed by atoms with Crippen LogP contribution in [0.4, 0.5) is 5.13 Å². The van der Waals surface area contributed by atoms with E-state index >= 15 is 0 Å². The first-order valence-corrected chi connectivity index (χ1v) is 12.6. The first-order chi connectivity index (χ1) is 14.8. The summed E-state index contributed by atoms with van der Waals surface area (Å²) >= 11 is 1.09. The Morgan fingerprint density at radius 1 is 1.16 bits per heavy atom. The number of thiazole rings is 1. The van der Waals surface area contributed by atoms with Gasteiger partial charge < -0.3 is 10.1 Å². The summed E-state index contributed by atoms with van der Waals surface area (Å²) in [5.41, 5.74) is 1.39. The number of esters is 1. The molecule has 1 aliphatic rings. The molecule has 1 saturated heterocycles. The summed E-state index contributed by atoms with van der Waals surface area (Å²) in [5, 5.41) is 3.06. The van der Waals surface area contributed by atoms with Gasteiger partial charge >= 0.3 is 5.97 Å². The third-order valence-electron chi connectivity index (χ3n) is 5.02. The van der Waals surface area contributed by atoms with Crippen LogP contribution in [0.15, 0.2) is 29.2 Å². The van der Waals surface area contributed by atoms with Crippen LogP contribution in [-0.4, -0.2) is 49.3 Å². The van der Waals surface area contributed by atoms with Gasteiger partial charge in [0.05, 0.1) is 17.2 Å². The topological polar surface area (TPSA) is 106 Å². The molecular formula is C21H27N3O5S2. The number of piperidine rings is 1. The fourth-order valence-electron chi connectivity index (χ4n) is 3.36. The molecule has 2 heterocycles. The van der Waals surface area contributed by atoms with Gasteiger partial charge in [-0.15, -0.1) is 0 Å². The Balaban J connectivity index is 1.55. The number of benzene rings is 1. The van der Waals surface area contributed by atoms with Gasteiger partial charge in [-0.1, -0.05) is 29.9 Å². The minimum absolute atomic E-state index is 0.214. The monoisotopic (exact) mass is 465 g/mol. The van der Waals surface area contributed by atoms with Crippen molar-refractivity contribution in [2.45, 2.75) is 50.8 Å². The Kier molecular flexibility index (Phi) is 7.79. The molecule has 31 heavy (non-hydrogen) atoms. The molecule has 0 aliphatic carbocycles. The van der Waals surface area contributed by atoms with E-state index in [0.717, 1.165) is 36.2 Å². The van der Waals surface area contributed by atoms with Crippen molar-refractivity contribution in [3.8, 4) is 0 Å². The molecule has 1 aromatic heterocycles. The summed E-state index contributed by atoms with van der Waals surface area (Å²) in [7, 11) is -3.45. The second kappa shape index (κ2) is 10.3. The number of anilines is 1. The average Bonchev–Trinajstić information content (AvgIpc) is 3.13. The molecule has 1 aromatic carbocycles. The molecule has 0 atom stereocenters. The number of ether oxygens (including phenoxy) is 1. The van der Waals surface area contributed by atoms with E-state index in [-0.39, 0.29) is 23.8 Å². The number of carbonyl (C=O) groups is 2. The van der Waals surface area contributed by atoms with Gasteiger partial charge in [-0.3, -0.25) is 4.79 Å². The molecule has 10 heteroatoms. The van der Waals surface area contributed by atoms with Crippen LogP contribution in [0.3, 0.4) is 0 Å². The summed E-state index contributed by atoms with van der Waals surface area (Å²) in [5.74, 6) is -0.674. The number of aryl methyl sites for hydroxylation is 2. The van der Waals surface area contributed by atoms with Crippen molar-refractivity contribution in [2.75, 3.05) is 25.0 Å². The van der Waals surface area contributed by atoms with Crippen LogP contribution in [0, 0.1) is 6.92 Å². The number of carbonyl (C=O) groups excluding carboxylic acids is 2. The van der Waals surface area contributed by atoms with Gasteiger partial charge in [0, 0.05) is 19.5 Å². The highest BCUT2D eigenvalue weighted by Crippen LogP contribution is 2.24. The summed E-state index contributed by atoms with van der Waals surface area (Å²) < 4.78 is 31.9. The van der Waals surface area contributed by atoms with Crippen molar-refractivity contribution >= 4 is 38.4 Å². The second-order valence-corrected chi connectivity index (χ2v) is 10.2. The van der Waals surface area contributed by atoms with E-state index in [0.29, 0.717) is 35.2 Å². The number of rotatable bonds is 8. The molecule has 3 rings (SSSR count). The zero-order valence-electron chi connectivity index (χ0n) is 17.7. The molecule has 1 fully saturated rings. The lowest BCUT2D eigenvalue weighted by Gasteiger charge is -2.25. The minimum atomic E-state index is -3.45. The van der Waals surface area contributed by atoms with Crippen molar-refractivity contribution < 1.29 is 22.7 Å². The first-order valence-electron chi connectivity index (χ1n) is 10.3. The fraction of sp³-hybridized carbons (Fsp3) is 0.476. The predicted molar refractivity (Wildman–Crippen MR) is 119 cm³/mol. The third-order valence-corrected chi connectivity index (χ3v) is 7.99. The smallest absolute Gasteiger partial charge is 0.350 e. The zero-order valence-corrected chi connectivity index (χ0v) is 19.4. The first kappa shape index (κ1) is 23.4. The standard InChI is InChI=1S/C21H27N3O5S2/c1-3-29-20(26)19-15(2)22-21(30-19)23-18(25)12-9-16-7-10-17(11-8-16)31(27,28)24-13-5-4-6-14-24/h7-8,10-11H,3-6,9,12-14H2,1-2H3,(H,22,23,25). The fourth-order valence-corrected chi connectivity index (χ4v) is 5.75. The van der Waals surface area contributed by atoms with Crippen LogP contribution in [-0.2, 0) is 26.0 Å². The Labute approximate surface area is 186 Å². The van der Waals surface area contributed by atoms with Crippen LogP contribution in [0.25, 0.3) is 0 Å². The molecule has 1 aliphatic heterocycles. The van der Waals surface area contributed by atoms with Crippen LogP contribution >= 0.6 is 11.3 Å². The molecule has 0 unspecified atom stereocenters. The maximum Gasteiger partial charge on any atom is 0.350 e. The third kappa shape index (κ3) is 5.90. The van der Waals surface area contributed by atoms with Crippen molar-refractivity contribution in [1.82, 2.24) is 9.29 Å². The summed E-state index contributed by atoms with van der Waals surface area (Å²) in [6, 6.07) is 6.70. The molecular weight excluding hydrogens is 438 g/mol. The molecule has 0 bridgehead atoms. The highest BCUT2D eigenvalue weighted by molar-refractivity contribution is 7.89. The normalized spacial score (nSPS) is 14.9. The molecule has 0 radical (unpaired) electrons. The van der Waals surface area contributed by atoms with Gasteiger partial charge in [-0.25, -0.2) is 18.2 Å². The summed E-state index contributed by atoms with van der Waals surface area (Å²) in [6.45, 7) is 4.83. The lowest BCUT2D eigenvalue weighted by Crippen LogP contribution is -2.35. The lowest BCUT2D eigenvalue weighted by atomic mass is 10.1. The number of aromatic nitrogens is 1.